The van der Waals surface area contributed by atoms with Crippen LogP contribution in [0.3, 0.4) is 0 Å². The van der Waals surface area contributed by atoms with Gasteiger partial charge in [0.2, 0.25) is 6.29 Å². The van der Waals surface area contributed by atoms with Crippen LogP contribution in [0.5, 0.6) is 23.0 Å². The Labute approximate surface area is 269 Å². The number of carboxylic acid groups (broad SMARTS) is 1. The molecule has 0 aromatic heterocycles. The predicted molar refractivity (Wildman–Crippen MR) is 167 cm³/mol. The number of benzene rings is 2. The van der Waals surface area contributed by atoms with E-state index < -0.39 is 55.0 Å². The van der Waals surface area contributed by atoms with Crippen LogP contribution in [-0.2, 0) is 17.6 Å². The largest absolute Gasteiger partial charge is 0.508 e. The summed E-state index contributed by atoms with van der Waals surface area (Å²) in [7, 11) is 0. The average molecular weight is 649 g/mol. The van der Waals surface area contributed by atoms with Gasteiger partial charge in [0.15, 0.2) is 0 Å². The van der Waals surface area contributed by atoms with Crippen LogP contribution < -0.4 is 9.47 Å². The van der Waals surface area contributed by atoms with Gasteiger partial charge in [-0.05, 0) is 48.9 Å². The molecule has 0 radical (unpaired) electrons. The summed E-state index contributed by atoms with van der Waals surface area (Å²) in [5.74, 6) is -3.41. The molecule has 1 aliphatic rings. The molecule has 1 aliphatic heterocycles. The van der Waals surface area contributed by atoms with Crippen LogP contribution in [-0.4, -0.2) is 85.0 Å². The molecule has 5 unspecified atom stereocenters. The summed E-state index contributed by atoms with van der Waals surface area (Å²) in [5.41, 5.74) is 0.294. The van der Waals surface area contributed by atoms with Gasteiger partial charge in [-0.25, -0.2) is 9.59 Å². The van der Waals surface area contributed by atoms with Crippen LogP contribution in [0.1, 0.15) is 110 Å². The molecule has 2 aromatic rings. The first-order valence-electron chi connectivity index (χ1n) is 16.2. The topological polar surface area (TPSA) is 203 Å². The number of rotatable bonds is 18. The molecule has 7 N–H and O–H groups in total. The number of phenolic OH excluding ortho intramolecular Hbond substituents is 1. The number of hydrogen-bond acceptors (Lipinski definition) is 11. The van der Waals surface area contributed by atoms with Crippen LogP contribution in [0.2, 0.25) is 0 Å². The number of aromatic carboxylic acids is 1. The van der Waals surface area contributed by atoms with E-state index in [1.807, 2.05) is 0 Å². The number of esters is 1. The maximum absolute atomic E-state index is 13.8. The molecule has 0 saturated carbocycles. The molecule has 256 valence electrons. The molecular weight excluding hydrogens is 600 g/mol. The molecular formula is C34H48O12. The van der Waals surface area contributed by atoms with Crippen molar-refractivity contribution in [2.24, 2.45) is 0 Å². The third kappa shape index (κ3) is 9.79. The number of carboxylic acids is 1. The zero-order valence-electron chi connectivity index (χ0n) is 26.6. The van der Waals surface area contributed by atoms with E-state index in [1.165, 1.54) is 12.1 Å². The van der Waals surface area contributed by atoms with Crippen molar-refractivity contribution in [2.75, 3.05) is 6.61 Å². The minimum atomic E-state index is -1.78. The summed E-state index contributed by atoms with van der Waals surface area (Å²) in [6.45, 7) is 3.48. The molecule has 0 bridgehead atoms. The number of hydrogen-bond donors (Lipinski definition) is 7. The molecule has 2 aromatic carbocycles. The smallest absolute Gasteiger partial charge is 0.347 e. The lowest BCUT2D eigenvalue weighted by molar-refractivity contribution is -0.277. The number of carbonyl (C=O) groups is 2. The second-order valence-corrected chi connectivity index (χ2v) is 11.8. The predicted octanol–water partition coefficient (Wildman–Crippen LogP) is 4.22. The Morgan fingerprint density at radius 3 is 1.91 bits per heavy atom. The minimum absolute atomic E-state index is 0.100. The quantitative estimate of drug-likeness (QED) is 0.0690. The summed E-state index contributed by atoms with van der Waals surface area (Å²) in [5, 5.41) is 71.5. The van der Waals surface area contributed by atoms with E-state index in [0.29, 0.717) is 36.8 Å². The summed E-state index contributed by atoms with van der Waals surface area (Å²) < 4.78 is 17.0. The number of aryl methyl sites for hydroxylation is 2. The standard InChI is InChI=1S/C34H48O12/c1-3-5-7-9-11-13-20-15-22(36)17-25(45-34-31(40)30(39)29(38)26(19-35)46-34)28(20)33(43)44-23-16-21(14-12-10-8-6-4-2)27(32(41)42)24(37)18-23/h15-18,26,29-31,34-40H,3-14,19H2,1-2H3,(H,41,42). The molecule has 46 heavy (non-hydrogen) atoms. The summed E-state index contributed by atoms with van der Waals surface area (Å²) in [6, 6.07) is 4.96. The van der Waals surface area contributed by atoms with Gasteiger partial charge in [-0.1, -0.05) is 65.2 Å². The molecule has 1 heterocycles. The van der Waals surface area contributed by atoms with Crippen LogP contribution >= 0.6 is 0 Å². The van der Waals surface area contributed by atoms with Crippen molar-refractivity contribution in [2.45, 2.75) is 122 Å². The minimum Gasteiger partial charge on any atom is -0.508 e. The van der Waals surface area contributed by atoms with Crippen molar-refractivity contribution >= 4 is 11.9 Å². The maximum atomic E-state index is 13.8. The average Bonchev–Trinajstić information content (AvgIpc) is 3.00. The monoisotopic (exact) mass is 648 g/mol. The first-order chi connectivity index (χ1) is 22.0. The van der Waals surface area contributed by atoms with Gasteiger partial charge in [0.1, 0.15) is 58.5 Å². The fraction of sp³-hybridized carbons (Fsp3) is 0.588. The van der Waals surface area contributed by atoms with Gasteiger partial charge in [-0.3, -0.25) is 0 Å². The van der Waals surface area contributed by atoms with Gasteiger partial charge in [0.05, 0.1) is 6.61 Å². The van der Waals surface area contributed by atoms with E-state index >= 15 is 0 Å². The van der Waals surface area contributed by atoms with Gasteiger partial charge in [0.25, 0.3) is 0 Å². The number of ether oxygens (including phenoxy) is 3. The number of aliphatic hydroxyl groups is 4. The van der Waals surface area contributed by atoms with E-state index in [-0.39, 0.29) is 28.4 Å². The highest BCUT2D eigenvalue weighted by Gasteiger charge is 2.45. The van der Waals surface area contributed by atoms with E-state index in [0.717, 1.165) is 63.5 Å². The highest BCUT2D eigenvalue weighted by molar-refractivity contribution is 5.97. The van der Waals surface area contributed by atoms with Gasteiger partial charge < -0.3 is 50.0 Å². The Kier molecular flexibility index (Phi) is 14.5. The lowest BCUT2D eigenvalue weighted by Crippen LogP contribution is -2.60. The van der Waals surface area contributed by atoms with Crippen LogP contribution in [0, 0.1) is 0 Å². The number of carbonyl (C=O) groups excluding carboxylic acids is 1. The zero-order valence-corrected chi connectivity index (χ0v) is 26.6. The third-order valence-electron chi connectivity index (χ3n) is 8.16. The Hall–Kier alpha value is -3.42. The van der Waals surface area contributed by atoms with Gasteiger partial charge in [-0.2, -0.15) is 0 Å². The summed E-state index contributed by atoms with van der Waals surface area (Å²) >= 11 is 0. The van der Waals surface area contributed by atoms with E-state index in [2.05, 4.69) is 13.8 Å². The maximum Gasteiger partial charge on any atom is 0.347 e. The van der Waals surface area contributed by atoms with E-state index in [4.69, 9.17) is 14.2 Å². The highest BCUT2D eigenvalue weighted by atomic mass is 16.7. The molecule has 0 spiro atoms. The number of unbranched alkanes of at least 4 members (excludes halogenated alkanes) is 8. The number of aliphatic hydroxyl groups excluding tert-OH is 4. The Morgan fingerprint density at radius 2 is 1.35 bits per heavy atom. The SMILES string of the molecule is CCCCCCCc1cc(OC(=O)c2c(CCCCCCC)cc(O)cc2OC2OC(CO)C(O)C(O)C2O)cc(O)c1C(=O)O. The normalized spacial score (nSPS) is 21.2. The van der Waals surface area contributed by atoms with Gasteiger partial charge in [-0.15, -0.1) is 0 Å². The molecule has 12 heteroatoms. The van der Waals surface area contributed by atoms with Gasteiger partial charge in [0, 0.05) is 12.1 Å². The zero-order chi connectivity index (χ0) is 33.8. The van der Waals surface area contributed by atoms with E-state index in [9.17, 15) is 45.3 Å². The van der Waals surface area contributed by atoms with Crippen LogP contribution in [0.25, 0.3) is 0 Å². The third-order valence-corrected chi connectivity index (χ3v) is 8.16. The summed E-state index contributed by atoms with van der Waals surface area (Å²) in [6.07, 6.45) is 1.83. The Bertz CT molecular complexity index is 1290. The van der Waals surface area contributed by atoms with Crippen molar-refractivity contribution < 1.29 is 59.5 Å². The van der Waals surface area contributed by atoms with Crippen molar-refractivity contribution in [3.63, 3.8) is 0 Å². The fourth-order valence-electron chi connectivity index (χ4n) is 5.62. The lowest BCUT2D eigenvalue weighted by Gasteiger charge is -2.39. The van der Waals surface area contributed by atoms with Crippen LogP contribution in [0.15, 0.2) is 24.3 Å². The molecule has 3 rings (SSSR count). The first kappa shape index (κ1) is 37.0. The van der Waals surface area contributed by atoms with Crippen molar-refractivity contribution in [3.05, 3.63) is 46.5 Å². The molecule has 0 aliphatic carbocycles. The number of phenols is 2. The molecule has 5 atom stereocenters. The second kappa shape index (κ2) is 18.1. The first-order valence-corrected chi connectivity index (χ1v) is 16.2. The Balaban J connectivity index is 1.97. The molecule has 1 saturated heterocycles. The second-order valence-electron chi connectivity index (χ2n) is 11.8. The van der Waals surface area contributed by atoms with Crippen LogP contribution in [0.4, 0.5) is 0 Å². The lowest BCUT2D eigenvalue weighted by atomic mass is 9.98. The molecule has 0 amide bonds. The highest BCUT2D eigenvalue weighted by Crippen LogP contribution is 2.35. The summed E-state index contributed by atoms with van der Waals surface area (Å²) in [4.78, 5) is 25.8. The van der Waals surface area contributed by atoms with Crippen molar-refractivity contribution in [1.29, 1.82) is 0 Å². The van der Waals surface area contributed by atoms with E-state index in [1.54, 1.807) is 0 Å². The number of aromatic hydroxyl groups is 2. The Morgan fingerprint density at radius 1 is 0.761 bits per heavy atom. The fourth-order valence-corrected chi connectivity index (χ4v) is 5.62. The van der Waals surface area contributed by atoms with Crippen molar-refractivity contribution in [3.8, 4) is 23.0 Å². The van der Waals surface area contributed by atoms with Gasteiger partial charge >= 0.3 is 11.9 Å². The molecule has 1 fully saturated rings. The van der Waals surface area contributed by atoms with Crippen molar-refractivity contribution in [1.82, 2.24) is 0 Å². The molecule has 12 nitrogen and oxygen atoms in total.